The van der Waals surface area contributed by atoms with Gasteiger partial charge in [0.15, 0.2) is 16.3 Å². The molecule has 0 aliphatic carbocycles. The van der Waals surface area contributed by atoms with Crippen molar-refractivity contribution in [3.63, 3.8) is 0 Å². The number of anilines is 1. The van der Waals surface area contributed by atoms with Crippen molar-refractivity contribution < 1.29 is 37.0 Å². The Balaban J connectivity index is 1.37. The number of nitrogens with one attached hydrogen (secondary N) is 1. The molecule has 1 N–H and O–H groups in total. The molecule has 1 fully saturated rings. The second-order valence-electron chi connectivity index (χ2n) is 9.25. The molecule has 2 aliphatic rings. The summed E-state index contributed by atoms with van der Waals surface area (Å²) in [5, 5.41) is 2.84. The highest BCUT2D eigenvalue weighted by Crippen LogP contribution is 2.53. The molecule has 0 saturated carbocycles. The minimum absolute atomic E-state index is 0.0119. The quantitative estimate of drug-likeness (QED) is 0.362. The molecule has 2 aliphatic heterocycles. The van der Waals surface area contributed by atoms with Crippen molar-refractivity contribution in [2.24, 2.45) is 0 Å². The molecule has 2 aromatic carbocycles. The Morgan fingerprint density at radius 2 is 1.73 bits per heavy atom. The number of thiazole rings is 1. The number of nitrogens with zero attached hydrogens (tertiary/aromatic N) is 4. The first-order valence-electron chi connectivity index (χ1n) is 12.1. The topological polar surface area (TPSA) is 116 Å². The Bertz CT molecular complexity index is 1650. The summed E-state index contributed by atoms with van der Waals surface area (Å²) in [6.07, 6.45) is -3.40. The van der Waals surface area contributed by atoms with Crippen LogP contribution in [-0.2, 0) is 11.8 Å². The number of aromatic nitrogens is 3. The van der Waals surface area contributed by atoms with Gasteiger partial charge >= 0.3 is 6.18 Å². The van der Waals surface area contributed by atoms with Gasteiger partial charge in [-0.05, 0) is 30.3 Å². The number of amides is 2. The van der Waals surface area contributed by atoms with Crippen LogP contribution in [0.1, 0.15) is 31.2 Å². The van der Waals surface area contributed by atoms with E-state index >= 15 is 0 Å². The highest BCUT2D eigenvalue weighted by atomic mass is 32.1. The molecule has 10 nitrogen and oxygen atoms in total. The maximum atomic E-state index is 13.5. The molecule has 0 atom stereocenters. The number of ether oxygens (including phenoxy) is 3. The number of hydrogen-bond acceptors (Lipinski definition) is 9. The largest absolute Gasteiger partial charge is 0.480 e. The maximum absolute atomic E-state index is 13.5. The summed E-state index contributed by atoms with van der Waals surface area (Å²) >= 11 is 1.10. The number of benzene rings is 2. The highest BCUT2D eigenvalue weighted by Gasteiger charge is 2.54. The van der Waals surface area contributed by atoms with Gasteiger partial charge in [0.1, 0.15) is 12.1 Å². The number of likely N-dealkylation sites (tertiary alicyclic amines) is 1. The van der Waals surface area contributed by atoms with Crippen LogP contribution in [0.15, 0.2) is 54.9 Å². The molecule has 1 spiro atoms. The van der Waals surface area contributed by atoms with Crippen LogP contribution >= 0.6 is 11.3 Å². The highest BCUT2D eigenvalue weighted by molar-refractivity contribution is 7.16. The van der Waals surface area contributed by atoms with E-state index in [-0.39, 0.29) is 47.2 Å². The van der Waals surface area contributed by atoms with Gasteiger partial charge in [-0.15, -0.1) is 0 Å². The third-order valence-corrected chi connectivity index (χ3v) is 7.88. The third kappa shape index (κ3) is 4.49. The number of methoxy groups -OCH3 is 2. The van der Waals surface area contributed by atoms with Gasteiger partial charge in [0.2, 0.25) is 11.8 Å². The van der Waals surface area contributed by atoms with Crippen LogP contribution in [0.2, 0.25) is 0 Å². The van der Waals surface area contributed by atoms with Gasteiger partial charge in [-0.1, -0.05) is 29.5 Å². The summed E-state index contributed by atoms with van der Waals surface area (Å²) in [5.41, 5.74) is -0.920. The molecule has 2 amide bonds. The van der Waals surface area contributed by atoms with Gasteiger partial charge in [0.05, 0.1) is 43.4 Å². The summed E-state index contributed by atoms with van der Waals surface area (Å²) in [6.45, 7) is 0.153. The molecule has 0 radical (unpaired) electrons. The molecule has 14 heteroatoms. The number of alkyl halides is 3. The fourth-order valence-corrected chi connectivity index (χ4v) is 5.89. The van der Waals surface area contributed by atoms with Crippen molar-refractivity contribution in [3.8, 4) is 28.8 Å². The standard InChI is InChI=1S/C27H20F3N5O5S/c1-38-22-18(23(39-2)32-13-31-22)21(36)34-25-33-19-16-9-8-15(27(28,29)30)10-17(16)40-26(20(19)41-25)11-35(12-26)24(37)14-6-4-3-5-7-14/h3-10,13H,11-12H2,1-2H3,(H,33,34,36). The molecule has 210 valence electrons. The molecule has 2 aromatic heterocycles. The number of hydrogen-bond donors (Lipinski definition) is 1. The van der Waals surface area contributed by atoms with Gasteiger partial charge in [-0.3, -0.25) is 14.9 Å². The molecule has 0 unspecified atom stereocenters. The van der Waals surface area contributed by atoms with Crippen LogP contribution in [0.4, 0.5) is 18.3 Å². The van der Waals surface area contributed by atoms with Gasteiger partial charge in [0.25, 0.3) is 11.8 Å². The number of fused-ring (bicyclic) bond motifs is 4. The predicted octanol–water partition coefficient (Wildman–Crippen LogP) is 4.63. The van der Waals surface area contributed by atoms with Crippen molar-refractivity contribution >= 4 is 28.3 Å². The molecule has 0 bridgehead atoms. The van der Waals surface area contributed by atoms with E-state index in [1.165, 1.54) is 26.6 Å². The lowest BCUT2D eigenvalue weighted by atomic mass is 9.86. The Kier molecular flexibility index (Phi) is 6.29. The van der Waals surface area contributed by atoms with E-state index in [9.17, 15) is 22.8 Å². The predicted molar refractivity (Wildman–Crippen MR) is 140 cm³/mol. The Hall–Kier alpha value is -4.72. The second-order valence-corrected chi connectivity index (χ2v) is 10.2. The fourth-order valence-electron chi connectivity index (χ4n) is 4.80. The van der Waals surface area contributed by atoms with Crippen molar-refractivity contribution in [1.29, 1.82) is 0 Å². The minimum Gasteiger partial charge on any atom is -0.480 e. The first-order valence-corrected chi connectivity index (χ1v) is 13.0. The van der Waals surface area contributed by atoms with E-state index in [0.717, 1.165) is 23.5 Å². The molecule has 4 aromatic rings. The van der Waals surface area contributed by atoms with Gasteiger partial charge < -0.3 is 19.1 Å². The SMILES string of the molecule is COc1ncnc(OC)c1C(=O)Nc1nc2c(s1)C1(CN(C(=O)c3ccccc3)C1)Oc1cc(C(F)(F)F)ccc1-2. The molecule has 6 rings (SSSR count). The van der Waals surface area contributed by atoms with Gasteiger partial charge in [0, 0.05) is 11.1 Å². The van der Waals surface area contributed by atoms with E-state index < -0.39 is 23.2 Å². The summed E-state index contributed by atoms with van der Waals surface area (Å²) in [4.78, 5) is 40.9. The lowest BCUT2D eigenvalue weighted by Gasteiger charge is -2.50. The monoisotopic (exact) mass is 583 g/mol. The number of carbonyl (C=O) groups is 2. The van der Waals surface area contributed by atoms with E-state index in [1.54, 1.807) is 35.2 Å². The van der Waals surface area contributed by atoms with Crippen LogP contribution < -0.4 is 19.5 Å². The summed E-state index contributed by atoms with van der Waals surface area (Å²) < 4.78 is 57.2. The molecular weight excluding hydrogens is 563 g/mol. The summed E-state index contributed by atoms with van der Waals surface area (Å²) in [6, 6.07) is 11.8. The van der Waals surface area contributed by atoms with E-state index in [0.29, 0.717) is 21.7 Å². The average Bonchev–Trinajstić information content (AvgIpc) is 3.38. The van der Waals surface area contributed by atoms with Crippen LogP contribution in [0.25, 0.3) is 11.3 Å². The van der Waals surface area contributed by atoms with E-state index in [4.69, 9.17) is 14.2 Å². The Morgan fingerprint density at radius 1 is 1.05 bits per heavy atom. The van der Waals surface area contributed by atoms with Crippen molar-refractivity contribution in [2.45, 2.75) is 11.8 Å². The second kappa shape index (κ2) is 9.73. The van der Waals surface area contributed by atoms with Gasteiger partial charge in [-0.25, -0.2) is 15.0 Å². The normalized spacial score (nSPS) is 14.8. The fraction of sp³-hybridized carbons (Fsp3) is 0.222. The molecule has 4 heterocycles. The van der Waals surface area contributed by atoms with Crippen molar-refractivity contribution in [1.82, 2.24) is 19.9 Å². The van der Waals surface area contributed by atoms with Crippen LogP contribution in [0.3, 0.4) is 0 Å². The smallest absolute Gasteiger partial charge is 0.416 e. The lowest BCUT2D eigenvalue weighted by Crippen LogP contribution is -2.64. The molecular formula is C27H20F3N5O5S. The zero-order chi connectivity index (χ0) is 28.9. The summed E-state index contributed by atoms with van der Waals surface area (Å²) in [7, 11) is 2.68. The number of carbonyl (C=O) groups excluding carboxylic acids is 2. The average molecular weight is 584 g/mol. The molecule has 1 saturated heterocycles. The Morgan fingerprint density at radius 3 is 2.37 bits per heavy atom. The van der Waals surface area contributed by atoms with Crippen molar-refractivity contribution in [3.05, 3.63) is 76.4 Å². The Labute approximate surface area is 234 Å². The molecule has 41 heavy (non-hydrogen) atoms. The van der Waals surface area contributed by atoms with Crippen LogP contribution in [0, 0.1) is 0 Å². The van der Waals surface area contributed by atoms with Gasteiger partial charge in [-0.2, -0.15) is 13.2 Å². The zero-order valence-electron chi connectivity index (χ0n) is 21.5. The van der Waals surface area contributed by atoms with Crippen LogP contribution in [-0.4, -0.2) is 59.0 Å². The number of halogens is 3. The third-order valence-electron chi connectivity index (χ3n) is 6.72. The minimum atomic E-state index is -4.59. The maximum Gasteiger partial charge on any atom is 0.416 e. The number of rotatable bonds is 5. The van der Waals surface area contributed by atoms with Crippen molar-refractivity contribution in [2.75, 3.05) is 32.6 Å². The zero-order valence-corrected chi connectivity index (χ0v) is 22.3. The summed E-state index contributed by atoms with van der Waals surface area (Å²) in [5.74, 6) is -0.953. The first kappa shape index (κ1) is 26.5. The first-order chi connectivity index (χ1) is 19.6. The lowest BCUT2D eigenvalue weighted by molar-refractivity contribution is -0.138. The van der Waals surface area contributed by atoms with E-state index in [1.807, 2.05) is 0 Å². The van der Waals surface area contributed by atoms with E-state index in [2.05, 4.69) is 20.3 Å². The van der Waals surface area contributed by atoms with Crippen LogP contribution in [0.5, 0.6) is 17.5 Å².